The molecule has 0 heterocycles. The molecule has 2 rings (SSSR count). The van der Waals surface area contributed by atoms with Gasteiger partial charge in [0.25, 0.3) is 0 Å². The molecule has 48 heavy (non-hydrogen) atoms. The molecule has 0 atom stereocenters. The van der Waals surface area contributed by atoms with E-state index in [-0.39, 0.29) is 0 Å². The highest BCUT2D eigenvalue weighted by atomic mass is 32.2. The zero-order valence-corrected chi connectivity index (χ0v) is 32.9. The van der Waals surface area contributed by atoms with Crippen LogP contribution in [0, 0.1) is 6.92 Å². The lowest BCUT2D eigenvalue weighted by atomic mass is 10.1. The maximum Gasteiger partial charge on any atom is 0.243 e. The standard InChI is InChI=1S/C41H67N3O2S2/c1-7-11-15-19-31-43(32-20-16-12-8-2)38-27-24-37(25-28-38)26-30-41(42-6)47-40-35-39(29-23-36(40)5)48(45,46)44(33-21-17-13-9-3)34-22-18-14-10-4/h23-30,35H,7-22,31-34H2,1-6H3/b30-26?,42-41+. The van der Waals surface area contributed by atoms with Crippen LogP contribution in [0.5, 0.6) is 0 Å². The molecular weight excluding hydrogens is 631 g/mol. The molecule has 2 aromatic carbocycles. The van der Waals surface area contributed by atoms with Gasteiger partial charge < -0.3 is 4.90 Å². The van der Waals surface area contributed by atoms with Crippen molar-refractivity contribution < 1.29 is 8.42 Å². The van der Waals surface area contributed by atoms with Crippen molar-refractivity contribution in [3.05, 3.63) is 59.7 Å². The van der Waals surface area contributed by atoms with Crippen LogP contribution >= 0.6 is 11.8 Å². The summed E-state index contributed by atoms with van der Waals surface area (Å²) in [5, 5.41) is 0.848. The third kappa shape index (κ3) is 15.6. The van der Waals surface area contributed by atoms with Gasteiger partial charge in [-0.1, -0.05) is 141 Å². The third-order valence-electron chi connectivity index (χ3n) is 8.99. The largest absolute Gasteiger partial charge is 0.372 e. The van der Waals surface area contributed by atoms with E-state index in [1.807, 2.05) is 25.1 Å². The first-order valence-electron chi connectivity index (χ1n) is 19.1. The van der Waals surface area contributed by atoms with Gasteiger partial charge in [0, 0.05) is 43.8 Å². The minimum absolute atomic E-state index is 0.380. The predicted molar refractivity (Wildman–Crippen MR) is 213 cm³/mol. The second kappa shape index (κ2) is 25.0. The number of anilines is 1. The highest BCUT2D eigenvalue weighted by Crippen LogP contribution is 2.29. The van der Waals surface area contributed by atoms with Crippen LogP contribution in [0.2, 0.25) is 0 Å². The van der Waals surface area contributed by atoms with Crippen LogP contribution in [0.4, 0.5) is 5.69 Å². The summed E-state index contributed by atoms with van der Waals surface area (Å²) in [6.07, 6.45) is 22.9. The minimum atomic E-state index is -3.58. The van der Waals surface area contributed by atoms with Gasteiger partial charge in [-0.05, 0) is 74.1 Å². The lowest BCUT2D eigenvalue weighted by Gasteiger charge is -2.25. The maximum atomic E-state index is 13.9. The molecule has 0 N–H and O–H groups in total. The molecule has 0 aliphatic heterocycles. The van der Waals surface area contributed by atoms with E-state index in [0.717, 1.165) is 85.5 Å². The van der Waals surface area contributed by atoms with Crippen LogP contribution in [0.25, 0.3) is 6.08 Å². The second-order valence-electron chi connectivity index (χ2n) is 13.1. The summed E-state index contributed by atoms with van der Waals surface area (Å²) in [6.45, 7) is 14.4. The molecule has 0 aliphatic carbocycles. The Bertz CT molecular complexity index is 1280. The topological polar surface area (TPSA) is 53.0 Å². The summed E-state index contributed by atoms with van der Waals surface area (Å²) in [5.41, 5.74) is 3.48. The molecule has 270 valence electrons. The van der Waals surface area contributed by atoms with E-state index < -0.39 is 10.0 Å². The molecule has 0 aromatic heterocycles. The van der Waals surface area contributed by atoms with Gasteiger partial charge in [-0.15, -0.1) is 0 Å². The summed E-state index contributed by atoms with van der Waals surface area (Å²) >= 11 is 1.53. The molecule has 2 aromatic rings. The quantitative estimate of drug-likeness (QED) is 0.0425. The number of aliphatic imine (C=N–C) groups is 1. The molecule has 0 saturated heterocycles. The predicted octanol–water partition coefficient (Wildman–Crippen LogP) is 11.9. The van der Waals surface area contributed by atoms with Gasteiger partial charge in [-0.2, -0.15) is 4.31 Å². The van der Waals surface area contributed by atoms with Gasteiger partial charge in [-0.25, -0.2) is 8.42 Å². The Balaban J connectivity index is 2.16. The molecule has 0 amide bonds. The van der Waals surface area contributed by atoms with Crippen LogP contribution in [0.3, 0.4) is 0 Å². The first-order valence-corrected chi connectivity index (χ1v) is 21.3. The van der Waals surface area contributed by atoms with E-state index in [1.54, 1.807) is 17.4 Å². The summed E-state index contributed by atoms with van der Waals surface area (Å²) in [7, 11) is -1.78. The smallest absolute Gasteiger partial charge is 0.243 e. The molecule has 0 aliphatic rings. The molecule has 0 saturated carbocycles. The monoisotopic (exact) mass is 697 g/mol. The van der Waals surface area contributed by atoms with Crippen molar-refractivity contribution in [3.8, 4) is 0 Å². The number of sulfonamides is 1. The summed E-state index contributed by atoms with van der Waals surface area (Å²) in [6, 6.07) is 14.5. The molecule has 0 bridgehead atoms. The molecule has 0 fully saturated rings. The number of hydrogen-bond acceptors (Lipinski definition) is 5. The first kappa shape index (κ1) is 42.1. The zero-order chi connectivity index (χ0) is 35.0. The average Bonchev–Trinajstić information content (AvgIpc) is 3.09. The van der Waals surface area contributed by atoms with E-state index in [0.29, 0.717) is 18.0 Å². The van der Waals surface area contributed by atoms with E-state index >= 15 is 0 Å². The molecule has 7 heteroatoms. The van der Waals surface area contributed by atoms with Crippen LogP contribution in [0.1, 0.15) is 142 Å². The van der Waals surface area contributed by atoms with Crippen LogP contribution in [-0.2, 0) is 10.0 Å². The van der Waals surface area contributed by atoms with Gasteiger partial charge in [0.2, 0.25) is 10.0 Å². The highest BCUT2D eigenvalue weighted by Gasteiger charge is 2.24. The summed E-state index contributed by atoms with van der Waals surface area (Å²) < 4.78 is 29.5. The molecule has 0 radical (unpaired) electrons. The number of thioether (sulfide) groups is 1. The Morgan fingerprint density at radius 1 is 0.688 bits per heavy atom. The van der Waals surface area contributed by atoms with Gasteiger partial charge in [0.1, 0.15) is 0 Å². The van der Waals surface area contributed by atoms with E-state index in [2.05, 4.69) is 67.9 Å². The molecule has 0 spiro atoms. The Hall–Kier alpha value is -2.09. The normalized spacial score (nSPS) is 12.4. The highest BCUT2D eigenvalue weighted by molar-refractivity contribution is 8.14. The first-order chi connectivity index (χ1) is 23.3. The second-order valence-corrected chi connectivity index (χ2v) is 16.2. The third-order valence-corrected chi connectivity index (χ3v) is 12.1. The van der Waals surface area contributed by atoms with Gasteiger partial charge in [0.05, 0.1) is 9.94 Å². The van der Waals surface area contributed by atoms with Crippen molar-refractivity contribution in [3.63, 3.8) is 0 Å². The number of nitrogens with zero attached hydrogens (tertiary/aromatic N) is 3. The molecule has 0 unspecified atom stereocenters. The van der Waals surface area contributed by atoms with Crippen molar-refractivity contribution in [1.29, 1.82) is 0 Å². The SMILES string of the molecule is CCCCCCN(CCCCCC)c1ccc(C=C/C(=N\C)Sc2cc(S(=O)(=O)N(CCCCCC)CCCCCC)ccc2C)cc1. The minimum Gasteiger partial charge on any atom is -0.372 e. The Labute approximate surface area is 300 Å². The van der Waals surface area contributed by atoms with Crippen LogP contribution in [-0.4, -0.2) is 51.0 Å². The van der Waals surface area contributed by atoms with Gasteiger partial charge in [-0.3, -0.25) is 4.99 Å². The van der Waals surface area contributed by atoms with Crippen molar-refractivity contribution in [2.24, 2.45) is 4.99 Å². The fourth-order valence-corrected chi connectivity index (χ4v) is 8.33. The van der Waals surface area contributed by atoms with E-state index in [9.17, 15) is 8.42 Å². The fraction of sp³-hybridized carbons (Fsp3) is 0.634. The fourth-order valence-electron chi connectivity index (χ4n) is 5.84. The van der Waals surface area contributed by atoms with Crippen molar-refractivity contribution in [2.75, 3.05) is 38.1 Å². The number of unbranched alkanes of at least 4 members (excludes halogenated alkanes) is 12. The average molecular weight is 698 g/mol. The summed E-state index contributed by atoms with van der Waals surface area (Å²) in [5.74, 6) is 0. The van der Waals surface area contributed by atoms with Crippen molar-refractivity contribution in [1.82, 2.24) is 4.31 Å². The van der Waals surface area contributed by atoms with Crippen molar-refractivity contribution >= 4 is 38.6 Å². The Morgan fingerprint density at radius 2 is 1.19 bits per heavy atom. The lowest BCUT2D eigenvalue weighted by molar-refractivity contribution is 0.385. The van der Waals surface area contributed by atoms with Crippen molar-refractivity contribution in [2.45, 2.75) is 147 Å². The summed E-state index contributed by atoms with van der Waals surface area (Å²) in [4.78, 5) is 8.42. The number of benzene rings is 2. The molecule has 5 nitrogen and oxygen atoms in total. The Kier molecular flexibility index (Phi) is 21.9. The van der Waals surface area contributed by atoms with E-state index in [4.69, 9.17) is 0 Å². The number of rotatable bonds is 26. The van der Waals surface area contributed by atoms with Crippen LogP contribution in [0.15, 0.2) is 63.3 Å². The number of aryl methyl sites for hydroxylation is 1. The number of hydrogen-bond donors (Lipinski definition) is 0. The Morgan fingerprint density at radius 3 is 1.67 bits per heavy atom. The lowest BCUT2D eigenvalue weighted by Crippen LogP contribution is -2.33. The van der Waals surface area contributed by atoms with Crippen LogP contribution < -0.4 is 4.90 Å². The van der Waals surface area contributed by atoms with Gasteiger partial charge in [0.15, 0.2) is 0 Å². The zero-order valence-electron chi connectivity index (χ0n) is 31.3. The molecular formula is C41H67N3O2S2. The van der Waals surface area contributed by atoms with E-state index in [1.165, 1.54) is 68.8 Å². The van der Waals surface area contributed by atoms with Gasteiger partial charge >= 0.3 is 0 Å². The maximum absolute atomic E-state index is 13.9.